The predicted octanol–water partition coefficient (Wildman–Crippen LogP) is 3.14. The minimum absolute atomic E-state index is 0.129. The molecule has 0 unspecified atom stereocenters. The second-order valence-electron chi connectivity index (χ2n) is 7.61. The van der Waals surface area contributed by atoms with Crippen LogP contribution in [-0.4, -0.2) is 35.2 Å². The smallest absolute Gasteiger partial charge is 0.248 e. The zero-order chi connectivity index (χ0) is 18.7. The van der Waals surface area contributed by atoms with Crippen LogP contribution >= 0.6 is 0 Å². The Hall–Kier alpha value is -2.66. The fraction of sp³-hybridized carbons (Fsp3) is 0.364. The van der Waals surface area contributed by atoms with Gasteiger partial charge in [0.1, 0.15) is 5.60 Å². The number of hydrogen-bond donors (Lipinski definition) is 1. The van der Waals surface area contributed by atoms with Crippen LogP contribution in [0.3, 0.4) is 0 Å². The highest BCUT2D eigenvalue weighted by molar-refractivity contribution is 5.92. The summed E-state index contributed by atoms with van der Waals surface area (Å²) in [6, 6.07) is 18.0. The molecule has 4 rings (SSSR count). The zero-order valence-electron chi connectivity index (χ0n) is 15.4. The topological polar surface area (TPSA) is 67.9 Å². The highest BCUT2D eigenvalue weighted by Gasteiger charge is 2.41. The van der Waals surface area contributed by atoms with Crippen LogP contribution in [-0.2, 0) is 17.8 Å². The summed E-state index contributed by atoms with van der Waals surface area (Å²) in [5.41, 5.74) is 9.36. The van der Waals surface area contributed by atoms with Crippen LogP contribution in [0.15, 0.2) is 59.8 Å². The first kappa shape index (κ1) is 17.7. The van der Waals surface area contributed by atoms with Gasteiger partial charge in [0.15, 0.2) is 0 Å². The fourth-order valence-corrected chi connectivity index (χ4v) is 3.99. The van der Waals surface area contributed by atoms with Crippen molar-refractivity contribution in [3.05, 3.63) is 71.3 Å². The molecule has 0 radical (unpaired) electrons. The van der Waals surface area contributed by atoms with Gasteiger partial charge in [-0.2, -0.15) is 0 Å². The molecule has 2 aliphatic heterocycles. The van der Waals surface area contributed by atoms with Gasteiger partial charge < -0.3 is 10.6 Å². The fourth-order valence-electron chi connectivity index (χ4n) is 3.99. The van der Waals surface area contributed by atoms with Gasteiger partial charge in [-0.05, 0) is 23.3 Å². The summed E-state index contributed by atoms with van der Waals surface area (Å²) in [7, 11) is 0. The van der Waals surface area contributed by atoms with E-state index in [4.69, 9.17) is 10.6 Å². The normalized spacial score (nSPS) is 18.9. The third-order valence-corrected chi connectivity index (χ3v) is 5.53. The quantitative estimate of drug-likeness (QED) is 0.887. The van der Waals surface area contributed by atoms with Gasteiger partial charge in [-0.15, -0.1) is 0 Å². The molecule has 5 heteroatoms. The first-order valence-corrected chi connectivity index (χ1v) is 9.51. The summed E-state index contributed by atoms with van der Waals surface area (Å²) in [5.74, 6) is -0.378. The lowest BCUT2D eigenvalue weighted by atomic mass is 9.85. The Bertz CT molecular complexity index is 840. The van der Waals surface area contributed by atoms with Crippen LogP contribution < -0.4 is 5.73 Å². The number of carbonyl (C=O) groups is 1. The first-order chi connectivity index (χ1) is 13.1. The third kappa shape index (κ3) is 4.19. The van der Waals surface area contributed by atoms with Crippen molar-refractivity contribution in [2.24, 2.45) is 10.9 Å². The van der Waals surface area contributed by atoms with E-state index in [1.165, 1.54) is 5.56 Å². The maximum Gasteiger partial charge on any atom is 0.248 e. The number of oxime groups is 1. The Balaban J connectivity index is 1.30. The highest BCUT2D eigenvalue weighted by atomic mass is 16.7. The molecule has 2 N–H and O–H groups in total. The molecule has 0 aliphatic carbocycles. The van der Waals surface area contributed by atoms with E-state index >= 15 is 0 Å². The SMILES string of the molecule is NC(=O)c1cccc(CN2CCC3(CC2)CC(Cc2ccccc2)=NO3)c1. The Kier molecular flexibility index (Phi) is 4.94. The van der Waals surface area contributed by atoms with E-state index in [-0.39, 0.29) is 11.5 Å². The second-order valence-corrected chi connectivity index (χ2v) is 7.61. The standard InChI is InChI=1S/C22H25N3O2/c23-21(26)19-8-4-7-18(13-19)16-25-11-9-22(10-12-25)15-20(24-27-22)14-17-5-2-1-3-6-17/h1-8,13H,9-12,14-16H2,(H2,23,26). The van der Waals surface area contributed by atoms with Crippen LogP contribution in [0.4, 0.5) is 0 Å². The summed E-state index contributed by atoms with van der Waals surface area (Å²) in [6.45, 7) is 2.76. The van der Waals surface area contributed by atoms with Gasteiger partial charge in [0.2, 0.25) is 5.91 Å². The van der Waals surface area contributed by atoms with Crippen molar-refractivity contribution in [2.45, 2.75) is 37.8 Å². The Morgan fingerprint density at radius 3 is 2.56 bits per heavy atom. The monoisotopic (exact) mass is 363 g/mol. The average Bonchev–Trinajstić information content (AvgIpc) is 3.07. The molecule has 2 heterocycles. The number of carbonyl (C=O) groups excluding carboxylic acids is 1. The summed E-state index contributed by atoms with van der Waals surface area (Å²) < 4.78 is 0. The van der Waals surface area contributed by atoms with E-state index in [1.54, 1.807) is 6.07 Å². The molecule has 1 amide bonds. The van der Waals surface area contributed by atoms with Gasteiger partial charge in [-0.3, -0.25) is 9.69 Å². The number of piperidine rings is 1. The van der Waals surface area contributed by atoms with Crippen molar-refractivity contribution in [1.29, 1.82) is 0 Å². The summed E-state index contributed by atoms with van der Waals surface area (Å²) in [6.07, 6.45) is 3.74. The van der Waals surface area contributed by atoms with Gasteiger partial charge in [0.25, 0.3) is 0 Å². The first-order valence-electron chi connectivity index (χ1n) is 9.51. The molecule has 1 saturated heterocycles. The van der Waals surface area contributed by atoms with Crippen LogP contribution in [0.1, 0.15) is 40.7 Å². The van der Waals surface area contributed by atoms with E-state index in [2.05, 4.69) is 34.3 Å². The number of rotatable bonds is 5. The van der Waals surface area contributed by atoms with Gasteiger partial charge in [-0.25, -0.2) is 0 Å². The van der Waals surface area contributed by atoms with Gasteiger partial charge in [0.05, 0.1) is 5.71 Å². The Morgan fingerprint density at radius 2 is 1.81 bits per heavy atom. The molecular weight excluding hydrogens is 338 g/mol. The molecule has 2 aromatic rings. The highest BCUT2D eigenvalue weighted by Crippen LogP contribution is 2.35. The minimum atomic E-state index is -0.378. The molecule has 0 bridgehead atoms. The van der Waals surface area contributed by atoms with Crippen molar-refractivity contribution >= 4 is 11.6 Å². The number of amides is 1. The van der Waals surface area contributed by atoms with E-state index in [9.17, 15) is 4.79 Å². The minimum Gasteiger partial charge on any atom is -0.389 e. The number of hydrogen-bond acceptors (Lipinski definition) is 4. The molecule has 5 nitrogen and oxygen atoms in total. The number of benzene rings is 2. The summed E-state index contributed by atoms with van der Waals surface area (Å²) >= 11 is 0. The summed E-state index contributed by atoms with van der Waals surface area (Å²) in [4.78, 5) is 19.7. The molecule has 140 valence electrons. The molecular formula is C22H25N3O2. The van der Waals surface area contributed by atoms with E-state index in [0.717, 1.165) is 56.6 Å². The average molecular weight is 363 g/mol. The lowest BCUT2D eigenvalue weighted by Gasteiger charge is -2.37. The molecule has 0 atom stereocenters. The summed E-state index contributed by atoms with van der Waals surface area (Å²) in [5, 5.41) is 4.39. The molecule has 0 aromatic heterocycles. The third-order valence-electron chi connectivity index (χ3n) is 5.53. The van der Waals surface area contributed by atoms with Crippen LogP contribution in [0.25, 0.3) is 0 Å². The molecule has 2 aliphatic rings. The van der Waals surface area contributed by atoms with Crippen molar-refractivity contribution in [3.8, 4) is 0 Å². The van der Waals surface area contributed by atoms with Crippen molar-refractivity contribution in [2.75, 3.05) is 13.1 Å². The Morgan fingerprint density at radius 1 is 1.07 bits per heavy atom. The van der Waals surface area contributed by atoms with Crippen LogP contribution in [0.2, 0.25) is 0 Å². The predicted molar refractivity (Wildman–Crippen MR) is 105 cm³/mol. The number of nitrogens with two attached hydrogens (primary N) is 1. The van der Waals surface area contributed by atoms with E-state index < -0.39 is 0 Å². The van der Waals surface area contributed by atoms with E-state index in [0.29, 0.717) is 5.56 Å². The van der Waals surface area contributed by atoms with Crippen molar-refractivity contribution in [1.82, 2.24) is 4.90 Å². The van der Waals surface area contributed by atoms with Crippen LogP contribution in [0.5, 0.6) is 0 Å². The van der Waals surface area contributed by atoms with Gasteiger partial charge in [-0.1, -0.05) is 47.6 Å². The van der Waals surface area contributed by atoms with Crippen molar-refractivity contribution < 1.29 is 9.63 Å². The van der Waals surface area contributed by atoms with E-state index in [1.807, 2.05) is 24.3 Å². The molecule has 1 fully saturated rings. The Labute approximate surface area is 159 Å². The zero-order valence-corrected chi connectivity index (χ0v) is 15.4. The van der Waals surface area contributed by atoms with Crippen LogP contribution in [0, 0.1) is 0 Å². The number of likely N-dealkylation sites (tertiary alicyclic amines) is 1. The largest absolute Gasteiger partial charge is 0.389 e. The van der Waals surface area contributed by atoms with Gasteiger partial charge >= 0.3 is 0 Å². The van der Waals surface area contributed by atoms with Crippen molar-refractivity contribution in [3.63, 3.8) is 0 Å². The number of nitrogens with zero attached hydrogens (tertiary/aromatic N) is 2. The molecule has 1 spiro atoms. The second kappa shape index (κ2) is 7.53. The maximum absolute atomic E-state index is 11.4. The number of primary amides is 1. The van der Waals surface area contributed by atoms with Gasteiger partial charge in [0, 0.05) is 50.9 Å². The molecule has 0 saturated carbocycles. The molecule has 2 aromatic carbocycles. The molecule has 27 heavy (non-hydrogen) atoms. The lowest BCUT2D eigenvalue weighted by molar-refractivity contribution is -0.0627. The maximum atomic E-state index is 11.4. The lowest BCUT2D eigenvalue weighted by Crippen LogP contribution is -2.44.